The van der Waals surface area contributed by atoms with Gasteiger partial charge in [0.05, 0.1) is 29.3 Å². The zero-order chi connectivity index (χ0) is 18.2. The molecule has 1 atom stereocenters. The van der Waals surface area contributed by atoms with E-state index in [-0.39, 0.29) is 23.9 Å². The number of nitrogens with zero attached hydrogens (tertiary/aromatic N) is 2. The number of methoxy groups -OCH3 is 1. The van der Waals surface area contributed by atoms with Crippen molar-refractivity contribution in [1.82, 2.24) is 10.2 Å². The normalized spacial score (nSPS) is 17.0. The minimum Gasteiger partial charge on any atom is -0.420 e. The van der Waals surface area contributed by atoms with Gasteiger partial charge in [-0.3, -0.25) is 5.10 Å². The summed E-state index contributed by atoms with van der Waals surface area (Å²) in [5.41, 5.74) is 6.66. The monoisotopic (exact) mass is 350 g/mol. The third kappa shape index (κ3) is 2.92. The zero-order valence-corrected chi connectivity index (χ0v) is 13.0. The van der Waals surface area contributed by atoms with E-state index in [1.807, 2.05) is 6.07 Å². The number of benzene rings is 1. The van der Waals surface area contributed by atoms with Gasteiger partial charge in [-0.2, -0.15) is 18.4 Å². The van der Waals surface area contributed by atoms with E-state index in [4.69, 9.17) is 15.2 Å². The summed E-state index contributed by atoms with van der Waals surface area (Å²) in [4.78, 5) is 0. The third-order valence-corrected chi connectivity index (χ3v) is 3.88. The number of fused-ring (bicyclic) bond motifs is 1. The molecule has 2 heterocycles. The van der Waals surface area contributed by atoms with Crippen molar-refractivity contribution in [3.63, 3.8) is 0 Å². The Bertz CT molecular complexity index is 863. The van der Waals surface area contributed by atoms with Gasteiger partial charge in [0, 0.05) is 7.11 Å². The van der Waals surface area contributed by atoms with Gasteiger partial charge >= 0.3 is 6.18 Å². The highest BCUT2D eigenvalue weighted by molar-refractivity contribution is 5.55. The Labute approximate surface area is 140 Å². The fraction of sp³-hybridized carbons (Fsp3) is 0.250. The topological polar surface area (TPSA) is 97.0 Å². The Hall–Kier alpha value is -2.99. The Kier molecular flexibility index (Phi) is 4.14. The third-order valence-electron chi connectivity index (χ3n) is 3.88. The lowest BCUT2D eigenvalue weighted by Gasteiger charge is -2.24. The summed E-state index contributed by atoms with van der Waals surface area (Å²) in [6, 6.07) is 6.53. The number of H-pyrrole nitrogens is 1. The number of allylic oxidation sites excluding steroid dienone is 1. The predicted molar refractivity (Wildman–Crippen MR) is 80.0 cm³/mol. The van der Waals surface area contributed by atoms with E-state index in [0.717, 1.165) is 12.1 Å². The second kappa shape index (κ2) is 6.14. The lowest BCUT2D eigenvalue weighted by atomic mass is 9.84. The summed E-state index contributed by atoms with van der Waals surface area (Å²) in [7, 11) is 1.49. The first kappa shape index (κ1) is 16.9. The van der Waals surface area contributed by atoms with Gasteiger partial charge in [-0.05, 0) is 17.7 Å². The van der Waals surface area contributed by atoms with Crippen molar-refractivity contribution in [3.8, 4) is 11.9 Å². The first-order valence-electron chi connectivity index (χ1n) is 7.17. The summed E-state index contributed by atoms with van der Waals surface area (Å²) in [6.45, 7) is 0.168. The molecule has 0 radical (unpaired) electrons. The number of ether oxygens (including phenoxy) is 2. The summed E-state index contributed by atoms with van der Waals surface area (Å²) in [5, 5.41) is 16.2. The molecule has 0 aliphatic carbocycles. The van der Waals surface area contributed by atoms with Gasteiger partial charge < -0.3 is 15.2 Å². The molecule has 3 N–H and O–H groups in total. The van der Waals surface area contributed by atoms with Crippen molar-refractivity contribution in [3.05, 3.63) is 58.1 Å². The molecule has 0 saturated heterocycles. The quantitative estimate of drug-likeness (QED) is 0.887. The summed E-state index contributed by atoms with van der Waals surface area (Å²) in [6.07, 6.45) is -4.44. The second-order valence-corrected chi connectivity index (χ2v) is 5.40. The average molecular weight is 350 g/mol. The predicted octanol–water partition coefficient (Wildman–Crippen LogP) is 2.79. The van der Waals surface area contributed by atoms with E-state index in [0.29, 0.717) is 16.8 Å². The van der Waals surface area contributed by atoms with Gasteiger partial charge in [-0.25, -0.2) is 0 Å². The molecule has 0 bridgehead atoms. The molecule has 1 aliphatic heterocycles. The van der Waals surface area contributed by atoms with E-state index in [2.05, 4.69) is 10.2 Å². The lowest BCUT2D eigenvalue weighted by molar-refractivity contribution is -0.137. The molecule has 130 valence electrons. The minimum absolute atomic E-state index is 0.103. The number of aromatic nitrogens is 2. The highest BCUT2D eigenvalue weighted by Crippen LogP contribution is 2.43. The Morgan fingerprint density at radius 3 is 2.60 bits per heavy atom. The highest BCUT2D eigenvalue weighted by atomic mass is 19.4. The number of alkyl halides is 3. The number of nitrogens with two attached hydrogens (primary N) is 1. The molecule has 0 fully saturated rings. The van der Waals surface area contributed by atoms with Crippen LogP contribution in [0.3, 0.4) is 0 Å². The molecule has 6 nitrogen and oxygen atoms in total. The van der Waals surface area contributed by atoms with E-state index >= 15 is 0 Å². The molecular weight excluding hydrogens is 337 g/mol. The summed E-state index contributed by atoms with van der Waals surface area (Å²) < 4.78 is 48.8. The van der Waals surface area contributed by atoms with Crippen LogP contribution in [0.2, 0.25) is 0 Å². The molecule has 1 aromatic carbocycles. The molecule has 3 rings (SSSR count). The van der Waals surface area contributed by atoms with E-state index in [1.54, 1.807) is 0 Å². The van der Waals surface area contributed by atoms with Crippen molar-refractivity contribution in [1.29, 1.82) is 5.26 Å². The first-order chi connectivity index (χ1) is 11.9. The smallest absolute Gasteiger partial charge is 0.416 e. The number of hydrogen-bond donors (Lipinski definition) is 2. The molecule has 0 spiro atoms. The van der Waals surface area contributed by atoms with Crippen LogP contribution in [0.5, 0.6) is 5.88 Å². The summed E-state index contributed by atoms with van der Waals surface area (Å²) in [5.74, 6) is -0.649. The Balaban J connectivity index is 2.13. The van der Waals surface area contributed by atoms with E-state index in [9.17, 15) is 18.4 Å². The first-order valence-corrected chi connectivity index (χ1v) is 7.17. The maximum absolute atomic E-state index is 12.8. The standard InChI is InChI=1S/C16H13F3N4O2/c1-24-7-11-13-12(8-2-4-9(5-3-8)16(17,18)19)10(6-20)14(21)25-15(13)23-22-11/h2-5,12H,7,21H2,1H3,(H,22,23). The maximum Gasteiger partial charge on any atom is 0.416 e. The van der Waals surface area contributed by atoms with E-state index in [1.165, 1.54) is 19.2 Å². The molecule has 25 heavy (non-hydrogen) atoms. The maximum atomic E-state index is 12.8. The molecule has 1 aromatic heterocycles. The van der Waals surface area contributed by atoms with Crippen molar-refractivity contribution >= 4 is 0 Å². The molecule has 0 saturated carbocycles. The summed E-state index contributed by atoms with van der Waals surface area (Å²) >= 11 is 0. The van der Waals surface area contributed by atoms with Crippen LogP contribution >= 0.6 is 0 Å². The minimum atomic E-state index is -4.44. The number of halogens is 3. The molecule has 1 unspecified atom stereocenters. The largest absolute Gasteiger partial charge is 0.420 e. The van der Waals surface area contributed by atoms with Gasteiger partial charge in [-0.1, -0.05) is 12.1 Å². The second-order valence-electron chi connectivity index (χ2n) is 5.40. The van der Waals surface area contributed by atoms with Crippen LogP contribution in [0.25, 0.3) is 0 Å². The number of aromatic amines is 1. The van der Waals surface area contributed by atoms with Crippen LogP contribution in [0.15, 0.2) is 35.7 Å². The van der Waals surface area contributed by atoms with Crippen LogP contribution in [-0.4, -0.2) is 17.3 Å². The number of rotatable bonds is 3. The van der Waals surface area contributed by atoms with Crippen LogP contribution in [0.4, 0.5) is 13.2 Å². The van der Waals surface area contributed by atoms with Gasteiger partial charge in [0.1, 0.15) is 11.6 Å². The Morgan fingerprint density at radius 1 is 1.36 bits per heavy atom. The fourth-order valence-corrected chi connectivity index (χ4v) is 2.76. The van der Waals surface area contributed by atoms with Crippen LogP contribution in [0, 0.1) is 11.3 Å². The van der Waals surface area contributed by atoms with Gasteiger partial charge in [0.15, 0.2) is 0 Å². The SMILES string of the molecule is COCc1[nH]nc2c1C(c1ccc(C(F)(F)F)cc1)C(C#N)=C(N)O2. The lowest BCUT2D eigenvalue weighted by Crippen LogP contribution is -2.21. The zero-order valence-electron chi connectivity index (χ0n) is 13.0. The van der Waals surface area contributed by atoms with Gasteiger partial charge in [0.2, 0.25) is 11.8 Å². The van der Waals surface area contributed by atoms with Gasteiger partial charge in [0.25, 0.3) is 0 Å². The van der Waals surface area contributed by atoms with Crippen LogP contribution < -0.4 is 10.5 Å². The van der Waals surface area contributed by atoms with Gasteiger partial charge in [-0.15, -0.1) is 5.10 Å². The molecule has 1 aliphatic rings. The number of nitrogens with one attached hydrogen (secondary N) is 1. The van der Waals surface area contributed by atoms with Crippen LogP contribution in [-0.2, 0) is 17.5 Å². The molecule has 0 amide bonds. The van der Waals surface area contributed by atoms with Crippen LogP contribution in [0.1, 0.15) is 28.3 Å². The van der Waals surface area contributed by atoms with Crippen molar-refractivity contribution in [2.24, 2.45) is 5.73 Å². The van der Waals surface area contributed by atoms with E-state index < -0.39 is 17.7 Å². The fourth-order valence-electron chi connectivity index (χ4n) is 2.76. The van der Waals surface area contributed by atoms with Crippen molar-refractivity contribution in [2.75, 3.05) is 7.11 Å². The molecule has 9 heteroatoms. The average Bonchev–Trinajstić information content (AvgIpc) is 2.95. The van der Waals surface area contributed by atoms with Crippen molar-refractivity contribution < 1.29 is 22.6 Å². The molecular formula is C16H13F3N4O2. The number of nitriles is 1. The molecule has 2 aromatic rings. The highest BCUT2D eigenvalue weighted by Gasteiger charge is 2.36. The van der Waals surface area contributed by atoms with Crippen molar-refractivity contribution in [2.45, 2.75) is 18.7 Å². The number of hydrogen-bond acceptors (Lipinski definition) is 5. The Morgan fingerprint density at radius 2 is 2.04 bits per heavy atom.